The van der Waals surface area contributed by atoms with Gasteiger partial charge in [-0.15, -0.1) is 0 Å². The summed E-state index contributed by atoms with van der Waals surface area (Å²) in [6.45, 7) is 2.56. The summed E-state index contributed by atoms with van der Waals surface area (Å²) >= 11 is 0. The van der Waals surface area contributed by atoms with Gasteiger partial charge in [-0.3, -0.25) is 19.8 Å². The predicted octanol–water partition coefficient (Wildman–Crippen LogP) is -0.763. The fraction of sp³-hybridized carbons (Fsp3) is 0.700. The van der Waals surface area contributed by atoms with Gasteiger partial charge < -0.3 is 10.4 Å². The fourth-order valence-corrected chi connectivity index (χ4v) is 1.79. The van der Waals surface area contributed by atoms with E-state index in [9.17, 15) is 14.4 Å². The molecular formula is C10H17N3O4. The maximum absolute atomic E-state index is 11.6. The Labute approximate surface area is 99.2 Å². The molecule has 1 saturated heterocycles. The maximum Gasteiger partial charge on any atom is 0.321 e. The van der Waals surface area contributed by atoms with Crippen molar-refractivity contribution < 1.29 is 19.5 Å². The molecule has 7 heteroatoms. The Morgan fingerprint density at radius 2 is 2.06 bits per heavy atom. The van der Waals surface area contributed by atoms with Crippen LogP contribution in [-0.2, 0) is 9.59 Å². The van der Waals surface area contributed by atoms with Crippen LogP contribution in [0.4, 0.5) is 4.79 Å². The molecule has 1 heterocycles. The molecule has 0 aromatic heterocycles. The number of urea groups is 1. The summed E-state index contributed by atoms with van der Waals surface area (Å²) in [6, 6.07) is -1.06. The maximum atomic E-state index is 11.6. The van der Waals surface area contributed by atoms with Crippen LogP contribution in [0.3, 0.4) is 0 Å². The van der Waals surface area contributed by atoms with Gasteiger partial charge in [0, 0.05) is 13.6 Å². The van der Waals surface area contributed by atoms with Crippen LogP contribution < -0.4 is 10.6 Å². The van der Waals surface area contributed by atoms with Crippen LogP contribution >= 0.6 is 0 Å². The van der Waals surface area contributed by atoms with Crippen molar-refractivity contribution in [2.45, 2.75) is 19.4 Å². The first kappa shape index (κ1) is 13.4. The van der Waals surface area contributed by atoms with Gasteiger partial charge in [-0.25, -0.2) is 4.79 Å². The third-order valence-corrected chi connectivity index (χ3v) is 2.96. The summed E-state index contributed by atoms with van der Waals surface area (Å²) in [7, 11) is 1.42. The van der Waals surface area contributed by atoms with Gasteiger partial charge in [0.25, 0.3) is 0 Å². The Hall–Kier alpha value is -1.63. The summed E-state index contributed by atoms with van der Waals surface area (Å²) in [5.41, 5.74) is 0. The Kier molecular flexibility index (Phi) is 4.45. The normalized spacial score (nSPS) is 21.9. The minimum Gasteiger partial charge on any atom is -0.481 e. The van der Waals surface area contributed by atoms with Crippen LogP contribution in [0, 0.1) is 5.92 Å². The second-order valence-electron chi connectivity index (χ2n) is 4.06. The lowest BCUT2D eigenvalue weighted by Gasteiger charge is -2.22. The van der Waals surface area contributed by atoms with E-state index >= 15 is 0 Å². The fourth-order valence-electron chi connectivity index (χ4n) is 1.79. The lowest BCUT2D eigenvalue weighted by molar-refractivity contribution is -0.141. The van der Waals surface area contributed by atoms with E-state index in [-0.39, 0.29) is 0 Å². The highest BCUT2D eigenvalue weighted by Crippen LogP contribution is 2.18. The van der Waals surface area contributed by atoms with Crippen LogP contribution in [0.15, 0.2) is 0 Å². The zero-order chi connectivity index (χ0) is 13.0. The third-order valence-electron chi connectivity index (χ3n) is 2.96. The highest BCUT2D eigenvalue weighted by molar-refractivity contribution is 5.96. The zero-order valence-electron chi connectivity index (χ0n) is 9.90. The molecule has 7 nitrogen and oxygen atoms in total. The number of imide groups is 1. The largest absolute Gasteiger partial charge is 0.481 e. The smallest absolute Gasteiger partial charge is 0.321 e. The average Bonchev–Trinajstić information content (AvgIpc) is 2.77. The minimum absolute atomic E-state index is 0.345. The molecule has 0 saturated carbocycles. The molecule has 2 unspecified atom stereocenters. The van der Waals surface area contributed by atoms with Crippen molar-refractivity contribution in [3.63, 3.8) is 0 Å². The third kappa shape index (κ3) is 3.42. The van der Waals surface area contributed by atoms with Crippen LogP contribution in [0.25, 0.3) is 0 Å². The number of hydrogen-bond acceptors (Lipinski definition) is 4. The Bertz CT molecular complexity index is 332. The highest BCUT2D eigenvalue weighted by Gasteiger charge is 2.33. The summed E-state index contributed by atoms with van der Waals surface area (Å²) in [5.74, 6) is -1.69. The molecule has 0 aromatic carbocycles. The van der Waals surface area contributed by atoms with Gasteiger partial charge in [0.15, 0.2) is 0 Å². The van der Waals surface area contributed by atoms with Crippen molar-refractivity contribution in [3.8, 4) is 0 Å². The quantitative estimate of drug-likeness (QED) is 0.605. The van der Waals surface area contributed by atoms with Gasteiger partial charge in [-0.05, 0) is 19.9 Å². The van der Waals surface area contributed by atoms with Gasteiger partial charge in [0.1, 0.15) is 0 Å². The molecule has 0 aromatic rings. The molecule has 1 fully saturated rings. The Morgan fingerprint density at radius 3 is 2.53 bits per heavy atom. The van der Waals surface area contributed by atoms with Crippen molar-refractivity contribution in [2.24, 2.45) is 5.92 Å². The molecule has 2 atom stereocenters. The molecule has 3 amide bonds. The Morgan fingerprint density at radius 1 is 1.41 bits per heavy atom. The summed E-state index contributed by atoms with van der Waals surface area (Å²) in [6.07, 6.45) is 0.535. The first-order chi connectivity index (χ1) is 7.95. The van der Waals surface area contributed by atoms with Crippen molar-refractivity contribution in [1.82, 2.24) is 15.5 Å². The predicted molar refractivity (Wildman–Crippen MR) is 59.4 cm³/mol. The summed E-state index contributed by atoms with van der Waals surface area (Å²) in [5, 5.41) is 13.3. The molecule has 0 spiro atoms. The number of hydrogen-bond donors (Lipinski definition) is 3. The van der Waals surface area contributed by atoms with Crippen LogP contribution in [0.1, 0.15) is 13.3 Å². The van der Waals surface area contributed by atoms with Crippen molar-refractivity contribution in [3.05, 3.63) is 0 Å². The van der Waals surface area contributed by atoms with Gasteiger partial charge in [0.2, 0.25) is 5.91 Å². The molecule has 1 rings (SSSR count). The molecule has 0 aliphatic carbocycles. The monoisotopic (exact) mass is 243 g/mol. The standard InChI is InChI=1S/C10H17N3O4/c1-6(8(14)12-10(17)11-2)13-4-3-7(5-13)9(15)16/h6-7H,3-5H2,1-2H3,(H,15,16)(H2,11,12,14,17). The number of likely N-dealkylation sites (tertiary alicyclic amines) is 1. The molecule has 1 aliphatic heterocycles. The second-order valence-corrected chi connectivity index (χ2v) is 4.06. The van der Waals surface area contributed by atoms with E-state index in [1.165, 1.54) is 7.05 Å². The van der Waals surface area contributed by atoms with Crippen molar-refractivity contribution in [2.75, 3.05) is 20.1 Å². The lowest BCUT2D eigenvalue weighted by atomic mass is 10.1. The number of rotatable bonds is 3. The van der Waals surface area contributed by atoms with Gasteiger partial charge in [-0.2, -0.15) is 0 Å². The number of amides is 3. The molecular weight excluding hydrogens is 226 g/mol. The molecule has 17 heavy (non-hydrogen) atoms. The van der Waals surface area contributed by atoms with Crippen LogP contribution in [0.5, 0.6) is 0 Å². The molecule has 3 N–H and O–H groups in total. The first-order valence-corrected chi connectivity index (χ1v) is 5.45. The van der Waals surface area contributed by atoms with E-state index in [0.29, 0.717) is 19.5 Å². The van der Waals surface area contributed by atoms with E-state index in [1.54, 1.807) is 11.8 Å². The number of carboxylic acids is 1. The number of nitrogens with zero attached hydrogens (tertiary/aromatic N) is 1. The molecule has 0 bridgehead atoms. The van der Waals surface area contributed by atoms with Gasteiger partial charge >= 0.3 is 12.0 Å². The summed E-state index contributed by atoms with van der Waals surface area (Å²) < 4.78 is 0. The van der Waals surface area contributed by atoms with Gasteiger partial charge in [-0.1, -0.05) is 0 Å². The Balaban J connectivity index is 2.48. The number of carbonyl (C=O) groups excluding carboxylic acids is 2. The molecule has 96 valence electrons. The first-order valence-electron chi connectivity index (χ1n) is 5.45. The topological polar surface area (TPSA) is 98.7 Å². The highest BCUT2D eigenvalue weighted by atomic mass is 16.4. The van der Waals surface area contributed by atoms with Crippen molar-refractivity contribution in [1.29, 1.82) is 0 Å². The lowest BCUT2D eigenvalue weighted by Crippen LogP contribution is -2.48. The van der Waals surface area contributed by atoms with E-state index in [2.05, 4.69) is 10.6 Å². The average molecular weight is 243 g/mol. The number of carboxylic acid groups (broad SMARTS) is 1. The number of carbonyl (C=O) groups is 3. The van der Waals surface area contributed by atoms with E-state index in [1.807, 2.05) is 0 Å². The minimum atomic E-state index is -0.841. The van der Waals surface area contributed by atoms with E-state index in [0.717, 1.165) is 0 Å². The SMILES string of the molecule is CNC(=O)NC(=O)C(C)N1CCC(C(=O)O)C1. The zero-order valence-corrected chi connectivity index (χ0v) is 9.90. The molecule has 0 radical (unpaired) electrons. The van der Waals surface area contributed by atoms with E-state index in [4.69, 9.17) is 5.11 Å². The number of aliphatic carboxylic acids is 1. The molecule has 1 aliphatic rings. The van der Waals surface area contributed by atoms with Gasteiger partial charge in [0.05, 0.1) is 12.0 Å². The second kappa shape index (κ2) is 5.62. The van der Waals surface area contributed by atoms with Crippen LogP contribution in [-0.4, -0.2) is 54.1 Å². The van der Waals surface area contributed by atoms with Crippen molar-refractivity contribution >= 4 is 17.9 Å². The summed E-state index contributed by atoms with van der Waals surface area (Å²) in [4.78, 5) is 35.1. The van der Waals surface area contributed by atoms with E-state index < -0.39 is 29.9 Å². The number of nitrogens with one attached hydrogen (secondary N) is 2. The van der Waals surface area contributed by atoms with Crippen LogP contribution in [0.2, 0.25) is 0 Å².